The summed E-state index contributed by atoms with van der Waals surface area (Å²) in [5.41, 5.74) is 0.447. The minimum absolute atomic E-state index is 0.0521. The maximum absolute atomic E-state index is 10.6. The molecule has 0 saturated carbocycles. The molecule has 0 aromatic carbocycles. The van der Waals surface area contributed by atoms with Gasteiger partial charge in [0.05, 0.1) is 11.4 Å². The Labute approximate surface area is 58.8 Å². The zero-order chi connectivity index (χ0) is 7.61. The molecule has 0 fully saturated rings. The first-order chi connectivity index (χ1) is 4.58. The molecule has 0 atom stereocenters. The van der Waals surface area contributed by atoms with Crippen molar-refractivity contribution in [1.82, 2.24) is 4.98 Å². The van der Waals surface area contributed by atoms with Crippen LogP contribution >= 0.6 is 0 Å². The maximum atomic E-state index is 10.6. The van der Waals surface area contributed by atoms with Crippen LogP contribution in [0.25, 0.3) is 0 Å². The van der Waals surface area contributed by atoms with Crippen molar-refractivity contribution < 1.29 is 12.8 Å². The lowest BCUT2D eigenvalue weighted by Crippen LogP contribution is -2.00. The van der Waals surface area contributed by atoms with Crippen molar-refractivity contribution in [2.45, 2.75) is 5.75 Å². The summed E-state index contributed by atoms with van der Waals surface area (Å²) >= 11 is 0. The van der Waals surface area contributed by atoms with Crippen LogP contribution in [0.15, 0.2) is 17.1 Å². The van der Waals surface area contributed by atoms with Gasteiger partial charge in [0.1, 0.15) is 6.26 Å². The van der Waals surface area contributed by atoms with Gasteiger partial charge in [-0.3, -0.25) is 0 Å². The lowest BCUT2D eigenvalue weighted by atomic mass is 10.6. The third-order valence-electron chi connectivity index (χ3n) is 0.894. The third kappa shape index (κ3) is 2.18. The standard InChI is InChI=1S/C5H7NO3S/c1-10(7,8)3-5-2-9-4-6-5/h2,4H,3H2,1H3. The van der Waals surface area contributed by atoms with E-state index in [1.807, 2.05) is 0 Å². The van der Waals surface area contributed by atoms with Gasteiger partial charge in [-0.05, 0) is 0 Å². The molecular weight excluding hydrogens is 154 g/mol. The molecule has 1 aromatic rings. The molecule has 10 heavy (non-hydrogen) atoms. The molecule has 0 aliphatic carbocycles. The lowest BCUT2D eigenvalue weighted by molar-refractivity contribution is 0.556. The highest BCUT2D eigenvalue weighted by molar-refractivity contribution is 7.89. The molecule has 0 radical (unpaired) electrons. The van der Waals surface area contributed by atoms with Crippen LogP contribution in [0.2, 0.25) is 0 Å². The second-order valence-corrected chi connectivity index (χ2v) is 4.19. The van der Waals surface area contributed by atoms with Gasteiger partial charge in [-0.15, -0.1) is 0 Å². The second kappa shape index (κ2) is 2.42. The molecule has 4 nitrogen and oxygen atoms in total. The summed E-state index contributed by atoms with van der Waals surface area (Å²) in [5.74, 6) is -0.0521. The summed E-state index contributed by atoms with van der Waals surface area (Å²) < 4.78 is 25.8. The van der Waals surface area contributed by atoms with E-state index in [9.17, 15) is 8.42 Å². The lowest BCUT2D eigenvalue weighted by Gasteiger charge is -1.88. The molecule has 0 unspecified atom stereocenters. The zero-order valence-corrected chi connectivity index (χ0v) is 6.26. The predicted molar refractivity (Wildman–Crippen MR) is 35.1 cm³/mol. The van der Waals surface area contributed by atoms with Crippen LogP contribution in [0.3, 0.4) is 0 Å². The highest BCUT2D eigenvalue weighted by atomic mass is 32.2. The number of nitrogens with zero attached hydrogens (tertiary/aromatic N) is 1. The molecule has 0 saturated heterocycles. The van der Waals surface area contributed by atoms with E-state index in [0.717, 1.165) is 6.26 Å². The van der Waals surface area contributed by atoms with Gasteiger partial charge in [-0.25, -0.2) is 13.4 Å². The Bertz CT molecular complexity index is 287. The molecule has 1 heterocycles. The highest BCUT2D eigenvalue weighted by Crippen LogP contribution is 1.99. The average Bonchev–Trinajstić information content (AvgIpc) is 2.12. The van der Waals surface area contributed by atoms with Crippen LogP contribution in [0, 0.1) is 0 Å². The van der Waals surface area contributed by atoms with E-state index in [2.05, 4.69) is 9.40 Å². The molecule has 5 heteroatoms. The first-order valence-corrected chi connectivity index (χ1v) is 4.69. The smallest absolute Gasteiger partial charge is 0.180 e. The maximum Gasteiger partial charge on any atom is 0.180 e. The first kappa shape index (κ1) is 7.27. The molecule has 0 N–H and O–H groups in total. The zero-order valence-electron chi connectivity index (χ0n) is 5.44. The summed E-state index contributed by atoms with van der Waals surface area (Å²) in [7, 11) is -2.97. The number of sulfone groups is 1. The molecule has 1 rings (SSSR count). The highest BCUT2D eigenvalue weighted by Gasteiger charge is 2.05. The van der Waals surface area contributed by atoms with E-state index < -0.39 is 9.84 Å². The molecular formula is C5H7NO3S. The summed E-state index contributed by atoms with van der Waals surface area (Å²) in [6.45, 7) is 0. The van der Waals surface area contributed by atoms with Crippen molar-refractivity contribution in [2.24, 2.45) is 0 Å². The topological polar surface area (TPSA) is 60.2 Å². The van der Waals surface area contributed by atoms with E-state index >= 15 is 0 Å². The second-order valence-electron chi connectivity index (χ2n) is 2.05. The monoisotopic (exact) mass is 161 g/mol. The summed E-state index contributed by atoms with van der Waals surface area (Å²) in [5, 5.41) is 0. The van der Waals surface area contributed by atoms with Crippen molar-refractivity contribution in [1.29, 1.82) is 0 Å². The number of rotatable bonds is 2. The van der Waals surface area contributed by atoms with Gasteiger partial charge in [-0.2, -0.15) is 0 Å². The van der Waals surface area contributed by atoms with Crippen LogP contribution in [-0.4, -0.2) is 19.7 Å². The fourth-order valence-electron chi connectivity index (χ4n) is 0.577. The Morgan fingerprint density at radius 2 is 2.40 bits per heavy atom. The number of aromatic nitrogens is 1. The molecule has 0 bridgehead atoms. The minimum atomic E-state index is -2.97. The Morgan fingerprint density at radius 1 is 1.70 bits per heavy atom. The Morgan fingerprint density at radius 3 is 2.80 bits per heavy atom. The quantitative estimate of drug-likeness (QED) is 0.622. The van der Waals surface area contributed by atoms with Crippen molar-refractivity contribution in [3.63, 3.8) is 0 Å². The number of oxazole rings is 1. The van der Waals surface area contributed by atoms with Crippen LogP contribution < -0.4 is 0 Å². The minimum Gasteiger partial charge on any atom is -0.451 e. The predicted octanol–water partition coefficient (Wildman–Crippen LogP) is 0.219. The van der Waals surface area contributed by atoms with Gasteiger partial charge in [0.2, 0.25) is 0 Å². The van der Waals surface area contributed by atoms with Crippen LogP contribution in [0.4, 0.5) is 0 Å². The van der Waals surface area contributed by atoms with E-state index in [4.69, 9.17) is 0 Å². The normalized spacial score (nSPS) is 11.7. The number of hydrogen-bond acceptors (Lipinski definition) is 4. The van der Waals surface area contributed by atoms with Crippen molar-refractivity contribution in [2.75, 3.05) is 6.26 Å². The van der Waals surface area contributed by atoms with E-state index in [-0.39, 0.29) is 5.75 Å². The van der Waals surface area contributed by atoms with Crippen molar-refractivity contribution in [3.05, 3.63) is 18.4 Å². The molecule has 1 aromatic heterocycles. The molecule has 0 spiro atoms. The fraction of sp³-hybridized carbons (Fsp3) is 0.400. The summed E-state index contributed by atoms with van der Waals surface area (Å²) in [6, 6.07) is 0. The SMILES string of the molecule is CS(=O)(=O)Cc1cocn1. The van der Waals surface area contributed by atoms with Gasteiger partial charge in [-0.1, -0.05) is 0 Å². The van der Waals surface area contributed by atoms with Gasteiger partial charge < -0.3 is 4.42 Å². The molecule has 0 aliphatic rings. The Hall–Kier alpha value is -0.840. The van der Waals surface area contributed by atoms with E-state index in [1.165, 1.54) is 12.7 Å². The average molecular weight is 161 g/mol. The molecule has 0 aliphatic heterocycles. The molecule has 56 valence electrons. The Kier molecular flexibility index (Phi) is 1.76. The molecule has 0 amide bonds. The van der Waals surface area contributed by atoms with Crippen LogP contribution in [0.5, 0.6) is 0 Å². The summed E-state index contributed by atoms with van der Waals surface area (Å²) in [6.07, 6.45) is 3.68. The fourth-order valence-corrected chi connectivity index (χ4v) is 1.26. The Balaban J connectivity index is 2.75. The van der Waals surface area contributed by atoms with E-state index in [1.54, 1.807) is 0 Å². The third-order valence-corrected chi connectivity index (χ3v) is 1.71. The van der Waals surface area contributed by atoms with Crippen molar-refractivity contribution in [3.8, 4) is 0 Å². The largest absolute Gasteiger partial charge is 0.451 e. The first-order valence-electron chi connectivity index (χ1n) is 2.63. The van der Waals surface area contributed by atoms with Crippen molar-refractivity contribution >= 4 is 9.84 Å². The summed E-state index contributed by atoms with van der Waals surface area (Å²) in [4.78, 5) is 3.66. The van der Waals surface area contributed by atoms with Crippen LogP contribution in [0.1, 0.15) is 5.69 Å². The van der Waals surface area contributed by atoms with Crippen LogP contribution in [-0.2, 0) is 15.6 Å². The van der Waals surface area contributed by atoms with Gasteiger partial charge in [0, 0.05) is 6.26 Å². The van der Waals surface area contributed by atoms with E-state index in [0.29, 0.717) is 5.69 Å². The van der Waals surface area contributed by atoms with Gasteiger partial charge in [0.25, 0.3) is 0 Å². The van der Waals surface area contributed by atoms with Gasteiger partial charge in [0.15, 0.2) is 16.2 Å². The number of hydrogen-bond donors (Lipinski definition) is 0. The van der Waals surface area contributed by atoms with Gasteiger partial charge >= 0.3 is 0 Å².